The first-order valence-electron chi connectivity index (χ1n) is 7.19. The molecule has 1 amide bonds. The minimum atomic E-state index is -0.439. The molecule has 0 fully saturated rings. The van der Waals surface area contributed by atoms with Gasteiger partial charge in [-0.3, -0.25) is 4.79 Å². The fourth-order valence-corrected chi connectivity index (χ4v) is 2.72. The lowest BCUT2D eigenvalue weighted by Crippen LogP contribution is -2.44. The zero-order valence-electron chi connectivity index (χ0n) is 12.6. The Labute approximate surface area is 125 Å². The van der Waals surface area contributed by atoms with E-state index in [1.165, 1.54) is 11.1 Å². The number of aryl methyl sites for hydroxylation is 2. The third kappa shape index (κ3) is 2.51. The van der Waals surface area contributed by atoms with Gasteiger partial charge in [0.2, 0.25) is 0 Å². The Morgan fingerprint density at radius 1 is 1.14 bits per heavy atom. The molecule has 1 heterocycles. The van der Waals surface area contributed by atoms with E-state index < -0.39 is 6.10 Å². The first-order chi connectivity index (χ1) is 10.1. The normalized spacial score (nSPS) is 17.4. The highest BCUT2D eigenvalue weighted by molar-refractivity contribution is 5.99. The molecule has 2 aromatic rings. The lowest BCUT2D eigenvalue weighted by molar-refractivity contribution is -0.125. The number of hydrogen-bond donors (Lipinski definition) is 0. The molecule has 3 heteroatoms. The number of hydrogen-bond acceptors (Lipinski definition) is 2. The molecule has 0 unspecified atom stereocenters. The fourth-order valence-electron chi connectivity index (χ4n) is 2.72. The van der Waals surface area contributed by atoms with Gasteiger partial charge in [-0.1, -0.05) is 35.9 Å². The Hall–Kier alpha value is -2.29. The summed E-state index contributed by atoms with van der Waals surface area (Å²) in [5.41, 5.74) is 4.45. The molecule has 0 aliphatic carbocycles. The number of benzene rings is 2. The van der Waals surface area contributed by atoms with E-state index in [-0.39, 0.29) is 5.91 Å². The van der Waals surface area contributed by atoms with Gasteiger partial charge in [0.05, 0.1) is 12.2 Å². The monoisotopic (exact) mass is 281 g/mol. The van der Waals surface area contributed by atoms with Gasteiger partial charge in [-0.2, -0.15) is 0 Å². The molecule has 1 aliphatic heterocycles. The lowest BCUT2D eigenvalue weighted by Gasteiger charge is -2.33. The Morgan fingerprint density at radius 3 is 2.67 bits per heavy atom. The number of carbonyl (C=O) groups excluding carboxylic acids is 1. The van der Waals surface area contributed by atoms with Crippen LogP contribution in [0.5, 0.6) is 5.75 Å². The molecule has 1 aliphatic rings. The maximum Gasteiger partial charge on any atom is 0.268 e. The second-order valence-corrected chi connectivity index (χ2v) is 5.58. The standard InChI is InChI=1S/C18H19NO2/c1-12-8-9-15(13(2)10-12)11-19-16-6-4-5-7-17(16)21-14(3)18(19)20/h4-10,14H,11H2,1-3H3/t14-/m0/s1. The van der Waals surface area contributed by atoms with E-state index in [1.54, 1.807) is 6.92 Å². The number of ether oxygens (including phenoxy) is 1. The van der Waals surface area contributed by atoms with Gasteiger partial charge in [-0.25, -0.2) is 0 Å². The molecule has 0 N–H and O–H groups in total. The number of nitrogens with zero attached hydrogens (tertiary/aromatic N) is 1. The van der Waals surface area contributed by atoms with E-state index in [9.17, 15) is 4.79 Å². The zero-order valence-corrected chi connectivity index (χ0v) is 12.6. The highest BCUT2D eigenvalue weighted by atomic mass is 16.5. The van der Waals surface area contributed by atoms with Crippen LogP contribution in [-0.2, 0) is 11.3 Å². The number of fused-ring (bicyclic) bond motifs is 1. The van der Waals surface area contributed by atoms with Crippen molar-refractivity contribution in [2.24, 2.45) is 0 Å². The van der Waals surface area contributed by atoms with E-state index in [0.717, 1.165) is 17.0 Å². The first-order valence-corrected chi connectivity index (χ1v) is 7.19. The van der Waals surface area contributed by atoms with Crippen molar-refractivity contribution in [2.45, 2.75) is 33.4 Å². The van der Waals surface area contributed by atoms with Crippen molar-refractivity contribution in [2.75, 3.05) is 4.90 Å². The molecule has 0 bridgehead atoms. The molecule has 3 rings (SSSR count). The molecule has 108 valence electrons. The fraction of sp³-hybridized carbons (Fsp3) is 0.278. The van der Waals surface area contributed by atoms with Crippen LogP contribution in [0.1, 0.15) is 23.6 Å². The Balaban J connectivity index is 1.99. The van der Waals surface area contributed by atoms with Crippen LogP contribution in [0.25, 0.3) is 0 Å². The molecule has 0 radical (unpaired) electrons. The molecule has 0 spiro atoms. The molecular weight excluding hydrogens is 262 g/mol. The maximum absolute atomic E-state index is 12.5. The van der Waals surface area contributed by atoms with Crippen LogP contribution >= 0.6 is 0 Å². The predicted octanol–water partition coefficient (Wildman–Crippen LogP) is 3.62. The smallest absolute Gasteiger partial charge is 0.268 e. The minimum Gasteiger partial charge on any atom is -0.479 e. The maximum atomic E-state index is 12.5. The topological polar surface area (TPSA) is 29.5 Å². The summed E-state index contributed by atoms with van der Waals surface area (Å²) in [6.07, 6.45) is -0.439. The van der Waals surface area contributed by atoms with E-state index in [0.29, 0.717) is 6.54 Å². The molecule has 2 aromatic carbocycles. The molecule has 1 atom stereocenters. The van der Waals surface area contributed by atoms with Gasteiger partial charge in [-0.15, -0.1) is 0 Å². The molecule has 0 saturated heterocycles. The summed E-state index contributed by atoms with van der Waals surface area (Å²) in [7, 11) is 0. The molecular formula is C18H19NO2. The summed E-state index contributed by atoms with van der Waals surface area (Å²) < 4.78 is 5.67. The molecule has 3 nitrogen and oxygen atoms in total. The van der Waals surface area contributed by atoms with Crippen LogP contribution in [0.3, 0.4) is 0 Å². The van der Waals surface area contributed by atoms with E-state index >= 15 is 0 Å². The number of para-hydroxylation sites is 2. The van der Waals surface area contributed by atoms with Crippen LogP contribution in [0.15, 0.2) is 42.5 Å². The predicted molar refractivity (Wildman–Crippen MR) is 83.6 cm³/mol. The highest BCUT2D eigenvalue weighted by Crippen LogP contribution is 2.34. The molecule has 21 heavy (non-hydrogen) atoms. The van der Waals surface area contributed by atoms with Crippen LogP contribution in [-0.4, -0.2) is 12.0 Å². The average molecular weight is 281 g/mol. The van der Waals surface area contributed by atoms with Crippen LogP contribution < -0.4 is 9.64 Å². The van der Waals surface area contributed by atoms with Gasteiger partial charge in [0, 0.05) is 0 Å². The number of anilines is 1. The van der Waals surface area contributed by atoms with Gasteiger partial charge in [0.25, 0.3) is 5.91 Å². The Kier molecular flexibility index (Phi) is 3.42. The summed E-state index contributed by atoms with van der Waals surface area (Å²) in [5.74, 6) is 0.781. The van der Waals surface area contributed by atoms with Gasteiger partial charge in [0.1, 0.15) is 5.75 Å². The Morgan fingerprint density at radius 2 is 1.90 bits per heavy atom. The van der Waals surface area contributed by atoms with Crippen LogP contribution in [0, 0.1) is 13.8 Å². The van der Waals surface area contributed by atoms with Gasteiger partial charge >= 0.3 is 0 Å². The van der Waals surface area contributed by atoms with Crippen molar-refractivity contribution < 1.29 is 9.53 Å². The zero-order chi connectivity index (χ0) is 15.0. The summed E-state index contributed by atoms with van der Waals surface area (Å²) in [6, 6.07) is 14.0. The van der Waals surface area contributed by atoms with E-state index in [4.69, 9.17) is 4.74 Å². The van der Waals surface area contributed by atoms with Crippen molar-refractivity contribution in [3.63, 3.8) is 0 Å². The molecule has 0 saturated carbocycles. The third-order valence-electron chi connectivity index (χ3n) is 3.90. The van der Waals surface area contributed by atoms with Crippen molar-refractivity contribution in [1.29, 1.82) is 0 Å². The SMILES string of the molecule is Cc1ccc(CN2C(=O)[C@H](C)Oc3ccccc32)c(C)c1. The minimum absolute atomic E-state index is 0.00803. The summed E-state index contributed by atoms with van der Waals surface area (Å²) in [4.78, 5) is 14.3. The van der Waals surface area contributed by atoms with Crippen molar-refractivity contribution in [1.82, 2.24) is 0 Å². The highest BCUT2D eigenvalue weighted by Gasteiger charge is 2.31. The third-order valence-corrected chi connectivity index (χ3v) is 3.90. The van der Waals surface area contributed by atoms with E-state index in [2.05, 4.69) is 32.0 Å². The van der Waals surface area contributed by atoms with Crippen molar-refractivity contribution in [3.8, 4) is 5.75 Å². The second kappa shape index (κ2) is 5.24. The van der Waals surface area contributed by atoms with Gasteiger partial charge in [0.15, 0.2) is 6.10 Å². The van der Waals surface area contributed by atoms with Gasteiger partial charge in [-0.05, 0) is 44.0 Å². The Bertz CT molecular complexity index is 693. The van der Waals surface area contributed by atoms with Crippen LogP contribution in [0.4, 0.5) is 5.69 Å². The largest absolute Gasteiger partial charge is 0.479 e. The number of carbonyl (C=O) groups is 1. The van der Waals surface area contributed by atoms with Crippen molar-refractivity contribution >= 4 is 11.6 Å². The molecule has 0 aromatic heterocycles. The van der Waals surface area contributed by atoms with E-state index in [1.807, 2.05) is 29.2 Å². The van der Waals surface area contributed by atoms with Crippen LogP contribution in [0.2, 0.25) is 0 Å². The lowest BCUT2D eigenvalue weighted by atomic mass is 10.0. The summed E-state index contributed by atoms with van der Waals surface area (Å²) >= 11 is 0. The average Bonchev–Trinajstić information content (AvgIpc) is 2.46. The van der Waals surface area contributed by atoms with Crippen molar-refractivity contribution in [3.05, 3.63) is 59.2 Å². The number of amides is 1. The quantitative estimate of drug-likeness (QED) is 0.841. The summed E-state index contributed by atoms with van der Waals surface area (Å²) in [5, 5.41) is 0. The second-order valence-electron chi connectivity index (χ2n) is 5.58. The number of rotatable bonds is 2. The summed E-state index contributed by atoms with van der Waals surface area (Å²) in [6.45, 7) is 6.54. The van der Waals surface area contributed by atoms with Gasteiger partial charge < -0.3 is 9.64 Å². The first kappa shape index (κ1) is 13.7.